The van der Waals surface area contributed by atoms with Gasteiger partial charge in [0, 0.05) is 32.3 Å². The molecular weight excluding hydrogens is 200 g/mol. The Balaban J connectivity index is 1.76. The van der Waals surface area contributed by atoms with E-state index in [9.17, 15) is 0 Å². The summed E-state index contributed by atoms with van der Waals surface area (Å²) in [5.41, 5.74) is 0. The first kappa shape index (κ1) is 12.3. The lowest BCUT2D eigenvalue weighted by atomic mass is 9.93. The maximum atomic E-state index is 5.42. The summed E-state index contributed by atoms with van der Waals surface area (Å²) in [7, 11) is 0. The smallest absolute Gasteiger partial charge is 0.0478 e. The summed E-state index contributed by atoms with van der Waals surface area (Å²) in [4.78, 5) is 2.70. The van der Waals surface area contributed by atoms with Gasteiger partial charge in [0.25, 0.3) is 0 Å². The Morgan fingerprint density at radius 2 is 2.19 bits per heavy atom. The normalized spacial score (nSPS) is 34.5. The minimum Gasteiger partial charge on any atom is -0.382 e. The van der Waals surface area contributed by atoms with Crippen molar-refractivity contribution in [3.05, 3.63) is 0 Å². The van der Waals surface area contributed by atoms with Crippen LogP contribution in [0, 0.1) is 11.8 Å². The van der Waals surface area contributed by atoms with Crippen molar-refractivity contribution in [2.75, 3.05) is 39.4 Å². The van der Waals surface area contributed by atoms with Gasteiger partial charge in [-0.3, -0.25) is 4.90 Å². The second-order valence-electron chi connectivity index (χ2n) is 5.10. The molecule has 0 saturated carbocycles. The standard InChI is InChI=1S/C13H26N2O/c1-3-13-12-9-14-8-11(12)10-15(13)6-5-7-16-4-2/h11-14H,3-10H2,1-2H3. The average molecular weight is 226 g/mol. The molecule has 2 saturated heterocycles. The summed E-state index contributed by atoms with van der Waals surface area (Å²) in [6.07, 6.45) is 2.49. The second kappa shape index (κ2) is 5.99. The molecule has 0 aliphatic carbocycles. The zero-order valence-corrected chi connectivity index (χ0v) is 10.7. The fourth-order valence-electron chi connectivity index (χ4n) is 3.44. The minimum atomic E-state index is 0.821. The molecule has 16 heavy (non-hydrogen) atoms. The average Bonchev–Trinajstić information content (AvgIpc) is 2.84. The van der Waals surface area contributed by atoms with Crippen molar-refractivity contribution >= 4 is 0 Å². The number of likely N-dealkylation sites (tertiary alicyclic amines) is 1. The van der Waals surface area contributed by atoms with E-state index in [0.29, 0.717) is 0 Å². The second-order valence-corrected chi connectivity index (χ2v) is 5.10. The van der Waals surface area contributed by atoms with Crippen molar-refractivity contribution in [2.45, 2.75) is 32.7 Å². The van der Waals surface area contributed by atoms with E-state index in [0.717, 1.165) is 31.1 Å². The van der Waals surface area contributed by atoms with Gasteiger partial charge in [-0.05, 0) is 44.7 Å². The van der Waals surface area contributed by atoms with E-state index in [1.54, 1.807) is 0 Å². The van der Waals surface area contributed by atoms with Crippen LogP contribution in [-0.2, 0) is 4.74 Å². The monoisotopic (exact) mass is 226 g/mol. The molecule has 0 spiro atoms. The molecule has 0 aromatic carbocycles. The quantitative estimate of drug-likeness (QED) is 0.692. The van der Waals surface area contributed by atoms with Gasteiger partial charge in [0.1, 0.15) is 0 Å². The number of fused-ring (bicyclic) bond motifs is 1. The van der Waals surface area contributed by atoms with Gasteiger partial charge in [0.05, 0.1) is 0 Å². The molecule has 94 valence electrons. The van der Waals surface area contributed by atoms with Crippen molar-refractivity contribution in [3.8, 4) is 0 Å². The fraction of sp³-hybridized carbons (Fsp3) is 1.00. The van der Waals surface area contributed by atoms with E-state index < -0.39 is 0 Å². The van der Waals surface area contributed by atoms with Crippen LogP contribution in [0.3, 0.4) is 0 Å². The Morgan fingerprint density at radius 1 is 1.31 bits per heavy atom. The molecule has 0 amide bonds. The van der Waals surface area contributed by atoms with Crippen LogP contribution < -0.4 is 5.32 Å². The molecular formula is C13H26N2O. The molecule has 0 radical (unpaired) electrons. The number of nitrogens with zero attached hydrogens (tertiary/aromatic N) is 1. The SMILES string of the molecule is CCOCCCN1CC2CNCC2C1CC. The van der Waals surface area contributed by atoms with Crippen LogP contribution in [0.15, 0.2) is 0 Å². The molecule has 2 fully saturated rings. The molecule has 2 heterocycles. The van der Waals surface area contributed by atoms with Gasteiger partial charge in [-0.15, -0.1) is 0 Å². The fourth-order valence-corrected chi connectivity index (χ4v) is 3.44. The summed E-state index contributed by atoms with van der Waals surface area (Å²) in [6, 6.07) is 0.821. The summed E-state index contributed by atoms with van der Waals surface area (Å²) < 4.78 is 5.42. The third-order valence-electron chi connectivity index (χ3n) is 4.18. The van der Waals surface area contributed by atoms with Gasteiger partial charge < -0.3 is 10.1 Å². The Morgan fingerprint density at radius 3 is 2.94 bits per heavy atom. The molecule has 2 aliphatic rings. The Bertz CT molecular complexity index is 210. The molecule has 3 atom stereocenters. The van der Waals surface area contributed by atoms with E-state index in [2.05, 4.69) is 24.1 Å². The van der Waals surface area contributed by atoms with E-state index in [1.807, 2.05) is 0 Å². The zero-order valence-electron chi connectivity index (χ0n) is 10.7. The summed E-state index contributed by atoms with van der Waals surface area (Å²) in [6.45, 7) is 11.2. The van der Waals surface area contributed by atoms with Crippen LogP contribution in [0.1, 0.15) is 26.7 Å². The number of ether oxygens (including phenoxy) is 1. The molecule has 0 bridgehead atoms. The molecule has 0 aromatic rings. The van der Waals surface area contributed by atoms with Crippen LogP contribution in [-0.4, -0.2) is 50.3 Å². The lowest BCUT2D eigenvalue weighted by molar-refractivity contribution is 0.125. The zero-order chi connectivity index (χ0) is 11.4. The highest BCUT2D eigenvalue weighted by Crippen LogP contribution is 2.34. The molecule has 2 rings (SSSR count). The van der Waals surface area contributed by atoms with Crippen LogP contribution in [0.2, 0.25) is 0 Å². The third kappa shape index (κ3) is 2.58. The van der Waals surface area contributed by atoms with Gasteiger partial charge in [0.2, 0.25) is 0 Å². The van der Waals surface area contributed by atoms with E-state index in [4.69, 9.17) is 4.74 Å². The number of hydrogen-bond donors (Lipinski definition) is 1. The van der Waals surface area contributed by atoms with Crippen molar-refractivity contribution in [3.63, 3.8) is 0 Å². The Kier molecular flexibility index (Phi) is 4.62. The summed E-state index contributed by atoms with van der Waals surface area (Å²) >= 11 is 0. The highest BCUT2D eigenvalue weighted by atomic mass is 16.5. The predicted molar refractivity (Wildman–Crippen MR) is 66.6 cm³/mol. The lowest BCUT2D eigenvalue weighted by Gasteiger charge is -2.26. The topological polar surface area (TPSA) is 24.5 Å². The molecule has 3 heteroatoms. The van der Waals surface area contributed by atoms with E-state index >= 15 is 0 Å². The van der Waals surface area contributed by atoms with Gasteiger partial charge >= 0.3 is 0 Å². The largest absolute Gasteiger partial charge is 0.382 e. The molecule has 3 nitrogen and oxygen atoms in total. The molecule has 1 N–H and O–H groups in total. The van der Waals surface area contributed by atoms with Crippen LogP contribution >= 0.6 is 0 Å². The first-order valence-corrected chi connectivity index (χ1v) is 6.89. The summed E-state index contributed by atoms with van der Waals surface area (Å²) in [5.74, 6) is 1.83. The Hall–Kier alpha value is -0.120. The van der Waals surface area contributed by atoms with Gasteiger partial charge in [-0.25, -0.2) is 0 Å². The van der Waals surface area contributed by atoms with Crippen LogP contribution in [0.25, 0.3) is 0 Å². The number of nitrogens with one attached hydrogen (secondary N) is 1. The Labute approximate surface area is 99.5 Å². The van der Waals surface area contributed by atoms with Gasteiger partial charge in [-0.2, -0.15) is 0 Å². The summed E-state index contributed by atoms with van der Waals surface area (Å²) in [5, 5.41) is 3.53. The highest BCUT2D eigenvalue weighted by Gasteiger charge is 2.42. The highest BCUT2D eigenvalue weighted by molar-refractivity contribution is 4.97. The number of hydrogen-bond acceptors (Lipinski definition) is 3. The maximum Gasteiger partial charge on any atom is 0.0478 e. The van der Waals surface area contributed by atoms with Gasteiger partial charge in [0.15, 0.2) is 0 Å². The lowest BCUT2D eigenvalue weighted by Crippen LogP contribution is -2.36. The van der Waals surface area contributed by atoms with E-state index in [-0.39, 0.29) is 0 Å². The van der Waals surface area contributed by atoms with Crippen LogP contribution in [0.5, 0.6) is 0 Å². The minimum absolute atomic E-state index is 0.821. The first-order chi connectivity index (χ1) is 7.86. The van der Waals surface area contributed by atoms with Gasteiger partial charge in [-0.1, -0.05) is 6.92 Å². The molecule has 3 unspecified atom stereocenters. The van der Waals surface area contributed by atoms with E-state index in [1.165, 1.54) is 39.0 Å². The number of rotatable bonds is 6. The predicted octanol–water partition coefficient (Wildman–Crippen LogP) is 1.34. The van der Waals surface area contributed by atoms with Crippen molar-refractivity contribution in [2.24, 2.45) is 11.8 Å². The van der Waals surface area contributed by atoms with Crippen molar-refractivity contribution in [1.29, 1.82) is 0 Å². The van der Waals surface area contributed by atoms with Crippen LogP contribution in [0.4, 0.5) is 0 Å². The first-order valence-electron chi connectivity index (χ1n) is 6.89. The molecule has 0 aromatic heterocycles. The third-order valence-corrected chi connectivity index (χ3v) is 4.18. The maximum absolute atomic E-state index is 5.42. The van der Waals surface area contributed by atoms with Crippen molar-refractivity contribution in [1.82, 2.24) is 10.2 Å². The molecule has 2 aliphatic heterocycles. The van der Waals surface area contributed by atoms with Crippen molar-refractivity contribution < 1.29 is 4.74 Å².